The summed E-state index contributed by atoms with van der Waals surface area (Å²) < 4.78 is 4.77. The number of rotatable bonds is 9. The molecule has 2 aromatic rings. The van der Waals surface area contributed by atoms with Gasteiger partial charge in [-0.05, 0) is 42.4 Å². The minimum Gasteiger partial charge on any atom is -0.464 e. The average molecular weight is 449 g/mol. The second kappa shape index (κ2) is 10.5. The molecule has 3 rings (SSSR count). The van der Waals surface area contributed by atoms with Crippen molar-refractivity contribution in [3.63, 3.8) is 0 Å². The Morgan fingerprint density at radius 1 is 1.13 bits per heavy atom. The highest BCUT2D eigenvalue weighted by Crippen LogP contribution is 2.53. The van der Waals surface area contributed by atoms with E-state index >= 15 is 0 Å². The second-order valence-corrected chi connectivity index (χ2v) is 7.62. The van der Waals surface area contributed by atoms with E-state index in [0.29, 0.717) is 27.4 Å². The Morgan fingerprint density at radius 2 is 1.87 bits per heavy atom. The molecular formula is C22H22Cl2N2O4. The third-order valence-corrected chi connectivity index (χ3v) is 5.56. The van der Waals surface area contributed by atoms with Crippen molar-refractivity contribution in [2.75, 3.05) is 14.2 Å². The van der Waals surface area contributed by atoms with Crippen LogP contribution >= 0.6 is 23.2 Å². The number of ether oxygens (including phenoxy) is 1. The summed E-state index contributed by atoms with van der Waals surface area (Å²) in [4.78, 5) is 22.2. The van der Waals surface area contributed by atoms with Gasteiger partial charge >= 0.3 is 5.97 Å². The second-order valence-electron chi connectivity index (χ2n) is 6.81. The lowest BCUT2D eigenvalue weighted by Crippen LogP contribution is -2.19. The lowest BCUT2D eigenvalue weighted by atomic mass is 10.0. The highest BCUT2D eigenvalue weighted by molar-refractivity contribution is 6.43. The Kier molecular flexibility index (Phi) is 7.71. The molecule has 0 aromatic heterocycles. The molecule has 30 heavy (non-hydrogen) atoms. The van der Waals surface area contributed by atoms with Crippen molar-refractivity contribution in [1.82, 2.24) is 0 Å². The standard InChI is InChI=1S/C22H22Cl2N2O4/c1-28-22(27)21(26-29-2)16-7-4-3-6-15(16)13-30-25-11-10-14-12-17(14)20-18(23)8-5-9-19(20)24/h3-9,11,14,17H,10,12-13H2,1-2H3. The Bertz CT molecular complexity index is 942. The summed E-state index contributed by atoms with van der Waals surface area (Å²) in [7, 11) is 2.66. The number of hydrogen-bond acceptors (Lipinski definition) is 6. The van der Waals surface area contributed by atoms with Crippen LogP contribution in [0, 0.1) is 5.92 Å². The molecule has 0 aliphatic heterocycles. The molecule has 0 amide bonds. The van der Waals surface area contributed by atoms with Crippen LogP contribution in [0.5, 0.6) is 0 Å². The van der Waals surface area contributed by atoms with Crippen LogP contribution in [0.25, 0.3) is 0 Å². The molecule has 0 heterocycles. The zero-order chi connectivity index (χ0) is 21.5. The topological polar surface area (TPSA) is 69.5 Å². The van der Waals surface area contributed by atoms with Gasteiger partial charge in [-0.2, -0.15) is 0 Å². The van der Waals surface area contributed by atoms with Crippen LogP contribution in [0.15, 0.2) is 52.8 Å². The maximum atomic E-state index is 12.0. The molecule has 1 saturated carbocycles. The quantitative estimate of drug-likeness (QED) is 0.299. The van der Waals surface area contributed by atoms with Gasteiger partial charge in [0.05, 0.1) is 7.11 Å². The van der Waals surface area contributed by atoms with E-state index in [1.165, 1.54) is 14.2 Å². The van der Waals surface area contributed by atoms with Gasteiger partial charge in [0.15, 0.2) is 5.71 Å². The van der Waals surface area contributed by atoms with E-state index in [1.807, 2.05) is 30.3 Å². The number of esters is 1. The maximum absolute atomic E-state index is 12.0. The molecule has 158 valence electrons. The number of benzene rings is 2. The number of oxime groups is 2. The van der Waals surface area contributed by atoms with Gasteiger partial charge in [0.1, 0.15) is 13.7 Å². The first-order chi connectivity index (χ1) is 14.6. The number of carbonyl (C=O) groups excluding carboxylic acids is 1. The SMILES string of the molecule is CON=C(C(=O)OC)c1ccccc1CON=CCC1CC1c1c(Cl)cccc1Cl. The van der Waals surface area contributed by atoms with Gasteiger partial charge in [-0.3, -0.25) is 0 Å². The number of nitrogens with zero attached hydrogens (tertiary/aromatic N) is 2. The molecule has 0 bridgehead atoms. The van der Waals surface area contributed by atoms with Gasteiger partial charge < -0.3 is 14.4 Å². The van der Waals surface area contributed by atoms with E-state index in [-0.39, 0.29) is 12.3 Å². The first-order valence-corrected chi connectivity index (χ1v) is 10.2. The van der Waals surface area contributed by atoms with Gasteiger partial charge in [0.25, 0.3) is 0 Å². The normalized spacial score (nSPS) is 18.3. The molecule has 1 aliphatic carbocycles. The molecule has 6 nitrogen and oxygen atoms in total. The third kappa shape index (κ3) is 5.32. The Hall–Kier alpha value is -2.57. The molecule has 0 saturated heterocycles. The van der Waals surface area contributed by atoms with E-state index < -0.39 is 5.97 Å². The zero-order valence-corrected chi connectivity index (χ0v) is 18.2. The maximum Gasteiger partial charge on any atom is 0.360 e. The fraction of sp³-hybridized carbons (Fsp3) is 0.318. The molecule has 1 fully saturated rings. The van der Waals surface area contributed by atoms with Crippen molar-refractivity contribution >= 4 is 41.1 Å². The molecule has 2 unspecified atom stereocenters. The number of hydrogen-bond donors (Lipinski definition) is 0. The fourth-order valence-corrected chi connectivity index (χ4v) is 4.00. The minimum atomic E-state index is -0.592. The van der Waals surface area contributed by atoms with E-state index in [2.05, 4.69) is 10.3 Å². The van der Waals surface area contributed by atoms with Crippen LogP contribution in [0.4, 0.5) is 0 Å². The van der Waals surface area contributed by atoms with Crippen LogP contribution in [-0.2, 0) is 25.8 Å². The van der Waals surface area contributed by atoms with Crippen molar-refractivity contribution < 1.29 is 19.2 Å². The molecule has 0 spiro atoms. The summed E-state index contributed by atoms with van der Waals surface area (Å²) in [6, 6.07) is 12.8. The Morgan fingerprint density at radius 3 is 2.57 bits per heavy atom. The molecule has 2 atom stereocenters. The van der Waals surface area contributed by atoms with E-state index in [9.17, 15) is 4.79 Å². The number of carbonyl (C=O) groups is 1. The van der Waals surface area contributed by atoms with Crippen molar-refractivity contribution in [1.29, 1.82) is 0 Å². The predicted molar refractivity (Wildman–Crippen MR) is 117 cm³/mol. The van der Waals surface area contributed by atoms with Crippen molar-refractivity contribution in [2.24, 2.45) is 16.2 Å². The first kappa shape index (κ1) is 22.1. The average Bonchev–Trinajstić information content (AvgIpc) is 3.50. The van der Waals surface area contributed by atoms with Crippen LogP contribution in [-0.4, -0.2) is 32.1 Å². The van der Waals surface area contributed by atoms with Crippen LogP contribution in [0.2, 0.25) is 10.0 Å². The van der Waals surface area contributed by atoms with Gasteiger partial charge in [0, 0.05) is 27.4 Å². The zero-order valence-electron chi connectivity index (χ0n) is 16.7. The third-order valence-electron chi connectivity index (χ3n) is 4.90. The first-order valence-electron chi connectivity index (χ1n) is 9.42. The monoisotopic (exact) mass is 448 g/mol. The van der Waals surface area contributed by atoms with Gasteiger partial charge in [0.2, 0.25) is 0 Å². The van der Waals surface area contributed by atoms with Crippen molar-refractivity contribution in [3.8, 4) is 0 Å². The van der Waals surface area contributed by atoms with Crippen LogP contribution in [0.1, 0.15) is 35.4 Å². The molecule has 0 N–H and O–H groups in total. The van der Waals surface area contributed by atoms with Crippen LogP contribution < -0.4 is 0 Å². The predicted octanol–water partition coefficient (Wildman–Crippen LogP) is 5.21. The smallest absolute Gasteiger partial charge is 0.360 e. The fourth-order valence-electron chi connectivity index (χ4n) is 3.33. The number of methoxy groups -OCH3 is 1. The minimum absolute atomic E-state index is 0.0700. The molecule has 2 aromatic carbocycles. The van der Waals surface area contributed by atoms with E-state index in [1.54, 1.807) is 18.3 Å². The summed E-state index contributed by atoms with van der Waals surface area (Å²) in [5.41, 5.74) is 2.39. The molecule has 1 aliphatic rings. The highest BCUT2D eigenvalue weighted by atomic mass is 35.5. The highest BCUT2D eigenvalue weighted by Gasteiger charge is 2.39. The summed E-state index contributed by atoms with van der Waals surface area (Å²) in [5.74, 6) is 0.207. The molecule has 0 radical (unpaired) electrons. The van der Waals surface area contributed by atoms with E-state index in [0.717, 1.165) is 24.0 Å². The summed E-state index contributed by atoms with van der Waals surface area (Å²) in [6.45, 7) is 0.177. The summed E-state index contributed by atoms with van der Waals surface area (Å²) in [6.07, 6.45) is 3.54. The van der Waals surface area contributed by atoms with Crippen molar-refractivity contribution in [3.05, 3.63) is 69.2 Å². The van der Waals surface area contributed by atoms with Gasteiger partial charge in [-0.1, -0.05) is 63.8 Å². The van der Waals surface area contributed by atoms with E-state index in [4.69, 9.17) is 37.6 Å². The molecule has 8 heteroatoms. The Labute approximate surface area is 185 Å². The lowest BCUT2D eigenvalue weighted by molar-refractivity contribution is -0.132. The summed E-state index contributed by atoms with van der Waals surface area (Å²) >= 11 is 12.6. The van der Waals surface area contributed by atoms with Gasteiger partial charge in [-0.15, -0.1) is 0 Å². The summed E-state index contributed by atoms with van der Waals surface area (Å²) in [5, 5.41) is 9.25. The largest absolute Gasteiger partial charge is 0.464 e. The van der Waals surface area contributed by atoms with Gasteiger partial charge in [-0.25, -0.2) is 4.79 Å². The number of halogens is 2. The Balaban J connectivity index is 1.56. The lowest BCUT2D eigenvalue weighted by Gasteiger charge is -2.09. The molecular weight excluding hydrogens is 427 g/mol. The van der Waals surface area contributed by atoms with Crippen molar-refractivity contribution in [2.45, 2.75) is 25.4 Å². The van der Waals surface area contributed by atoms with Crippen LogP contribution in [0.3, 0.4) is 0 Å².